The molecule has 1 saturated carbocycles. The Bertz CT molecular complexity index is 489. The number of carbonyl (C=O) groups excluding carboxylic acids is 1. The maximum absolute atomic E-state index is 11.9. The molecule has 104 valence electrons. The Morgan fingerprint density at radius 1 is 1.37 bits per heavy atom. The molecular formula is C14H21N3O2. The third kappa shape index (κ3) is 2.01. The highest BCUT2D eigenvalue weighted by atomic mass is 16.5. The van der Waals surface area contributed by atoms with Gasteiger partial charge in [-0.05, 0) is 32.1 Å². The third-order valence-electron chi connectivity index (χ3n) is 4.47. The summed E-state index contributed by atoms with van der Waals surface area (Å²) in [6, 6.07) is 0.441. The van der Waals surface area contributed by atoms with Crippen LogP contribution >= 0.6 is 0 Å². The molecule has 19 heavy (non-hydrogen) atoms. The molecule has 1 atom stereocenters. The van der Waals surface area contributed by atoms with Gasteiger partial charge in [0.2, 0.25) is 0 Å². The first-order chi connectivity index (χ1) is 9.22. The summed E-state index contributed by atoms with van der Waals surface area (Å²) in [4.78, 5) is 11.9. The van der Waals surface area contributed by atoms with Gasteiger partial charge in [0.25, 0.3) is 0 Å². The van der Waals surface area contributed by atoms with E-state index in [0.717, 1.165) is 24.5 Å². The van der Waals surface area contributed by atoms with E-state index in [1.807, 2.05) is 11.6 Å². The first kappa shape index (κ1) is 12.5. The number of nitrogens with zero attached hydrogens (tertiary/aromatic N) is 2. The second-order valence-electron chi connectivity index (χ2n) is 5.57. The molecule has 1 fully saturated rings. The highest BCUT2D eigenvalue weighted by molar-refractivity contribution is 5.96. The first-order valence-corrected chi connectivity index (χ1v) is 7.13. The molecule has 0 spiro atoms. The minimum Gasteiger partial charge on any atom is -0.465 e. The van der Waals surface area contributed by atoms with Crippen molar-refractivity contribution in [2.75, 3.05) is 19.0 Å². The zero-order valence-corrected chi connectivity index (χ0v) is 11.6. The van der Waals surface area contributed by atoms with Crippen molar-refractivity contribution in [1.29, 1.82) is 0 Å². The predicted molar refractivity (Wildman–Crippen MR) is 72.4 cm³/mol. The summed E-state index contributed by atoms with van der Waals surface area (Å²) >= 11 is 0. The lowest BCUT2D eigenvalue weighted by Gasteiger charge is -2.30. The number of methoxy groups -OCH3 is 1. The zero-order chi connectivity index (χ0) is 13.4. The Morgan fingerprint density at radius 2 is 2.11 bits per heavy atom. The van der Waals surface area contributed by atoms with E-state index >= 15 is 0 Å². The fraction of sp³-hybridized carbons (Fsp3) is 0.714. The van der Waals surface area contributed by atoms with Crippen molar-refractivity contribution in [2.24, 2.45) is 5.92 Å². The van der Waals surface area contributed by atoms with E-state index < -0.39 is 0 Å². The van der Waals surface area contributed by atoms with Crippen LogP contribution in [0.15, 0.2) is 0 Å². The van der Waals surface area contributed by atoms with E-state index in [2.05, 4.69) is 10.4 Å². The summed E-state index contributed by atoms with van der Waals surface area (Å²) in [6.07, 6.45) is 6.33. The Morgan fingerprint density at radius 3 is 2.79 bits per heavy atom. The molecule has 2 aliphatic rings. The van der Waals surface area contributed by atoms with E-state index in [0.29, 0.717) is 17.5 Å². The van der Waals surface area contributed by atoms with E-state index in [9.17, 15) is 4.79 Å². The van der Waals surface area contributed by atoms with Crippen LogP contribution in [-0.2, 0) is 4.74 Å². The lowest BCUT2D eigenvalue weighted by atomic mass is 9.94. The molecular weight excluding hydrogens is 242 g/mol. The van der Waals surface area contributed by atoms with Gasteiger partial charge in [0.05, 0.1) is 18.8 Å². The number of esters is 1. The summed E-state index contributed by atoms with van der Waals surface area (Å²) in [6.45, 7) is 2.79. The van der Waals surface area contributed by atoms with Gasteiger partial charge in [0.15, 0.2) is 0 Å². The van der Waals surface area contributed by atoms with E-state index in [1.165, 1.54) is 32.8 Å². The summed E-state index contributed by atoms with van der Waals surface area (Å²) in [7, 11) is 1.42. The van der Waals surface area contributed by atoms with Crippen LogP contribution in [-0.4, -0.2) is 29.4 Å². The molecule has 2 heterocycles. The molecule has 0 saturated heterocycles. The molecule has 1 aromatic rings. The molecule has 1 N–H and O–H groups in total. The molecule has 1 aromatic heterocycles. The van der Waals surface area contributed by atoms with Crippen molar-refractivity contribution in [1.82, 2.24) is 9.78 Å². The predicted octanol–water partition coefficient (Wildman–Crippen LogP) is 2.53. The van der Waals surface area contributed by atoms with Crippen molar-refractivity contribution in [2.45, 2.75) is 45.1 Å². The van der Waals surface area contributed by atoms with Crippen molar-refractivity contribution < 1.29 is 9.53 Å². The van der Waals surface area contributed by atoms with Crippen molar-refractivity contribution in [3.05, 3.63) is 11.3 Å². The standard InChI is InChI=1S/C14H21N3O2/c1-9-12(14(18)19-2)13-15-8-7-11(17(13)16-9)10-5-3-4-6-10/h10-11,15H,3-8H2,1-2H3. The average molecular weight is 263 g/mol. The van der Waals surface area contributed by atoms with Gasteiger partial charge in [-0.3, -0.25) is 0 Å². The second-order valence-corrected chi connectivity index (χ2v) is 5.57. The summed E-state index contributed by atoms with van der Waals surface area (Å²) in [5, 5.41) is 7.92. The molecule has 1 unspecified atom stereocenters. The number of hydrogen-bond donors (Lipinski definition) is 1. The number of aryl methyl sites for hydroxylation is 1. The molecule has 0 bridgehead atoms. The monoisotopic (exact) mass is 263 g/mol. The SMILES string of the molecule is COC(=O)c1c(C)nn2c1NCCC2C1CCCC1. The van der Waals surface area contributed by atoms with Crippen LogP contribution in [0.1, 0.15) is 54.2 Å². The van der Waals surface area contributed by atoms with Gasteiger partial charge in [-0.2, -0.15) is 5.10 Å². The summed E-state index contributed by atoms with van der Waals surface area (Å²) in [5.74, 6) is 1.27. The molecule has 3 rings (SSSR count). The molecule has 5 nitrogen and oxygen atoms in total. The van der Waals surface area contributed by atoms with E-state index in [1.54, 1.807) is 0 Å². The van der Waals surface area contributed by atoms with Crippen LogP contribution in [0.5, 0.6) is 0 Å². The van der Waals surface area contributed by atoms with Crippen molar-refractivity contribution in [3.63, 3.8) is 0 Å². The van der Waals surface area contributed by atoms with Crippen LogP contribution in [0, 0.1) is 12.8 Å². The van der Waals surface area contributed by atoms with Gasteiger partial charge in [-0.1, -0.05) is 12.8 Å². The molecule has 0 aromatic carbocycles. The largest absolute Gasteiger partial charge is 0.465 e. The maximum atomic E-state index is 11.9. The van der Waals surface area contributed by atoms with Crippen molar-refractivity contribution in [3.8, 4) is 0 Å². The normalized spacial score (nSPS) is 22.9. The minimum atomic E-state index is -0.293. The molecule has 1 aliphatic carbocycles. The average Bonchev–Trinajstić information content (AvgIpc) is 3.03. The Hall–Kier alpha value is -1.52. The Balaban J connectivity index is 1.99. The number of rotatable bonds is 2. The minimum absolute atomic E-state index is 0.293. The molecule has 0 radical (unpaired) electrons. The van der Waals surface area contributed by atoms with Crippen molar-refractivity contribution >= 4 is 11.8 Å². The fourth-order valence-electron chi connectivity index (χ4n) is 3.54. The Labute approximate surface area is 113 Å². The second kappa shape index (κ2) is 4.87. The zero-order valence-electron chi connectivity index (χ0n) is 11.6. The fourth-order valence-corrected chi connectivity index (χ4v) is 3.54. The van der Waals surface area contributed by atoms with Crippen LogP contribution in [0.4, 0.5) is 5.82 Å². The van der Waals surface area contributed by atoms with Gasteiger partial charge >= 0.3 is 5.97 Å². The van der Waals surface area contributed by atoms with Crippen LogP contribution in [0.25, 0.3) is 0 Å². The van der Waals surface area contributed by atoms with Crippen LogP contribution < -0.4 is 5.32 Å². The topological polar surface area (TPSA) is 56.1 Å². The first-order valence-electron chi connectivity index (χ1n) is 7.13. The van der Waals surface area contributed by atoms with E-state index in [-0.39, 0.29) is 5.97 Å². The highest BCUT2D eigenvalue weighted by Gasteiger charge is 2.34. The summed E-state index contributed by atoms with van der Waals surface area (Å²) in [5.41, 5.74) is 1.37. The number of ether oxygens (including phenoxy) is 1. The maximum Gasteiger partial charge on any atom is 0.343 e. The molecule has 1 aliphatic heterocycles. The van der Waals surface area contributed by atoms with Gasteiger partial charge in [0.1, 0.15) is 11.4 Å². The highest BCUT2D eigenvalue weighted by Crippen LogP contribution is 2.40. The number of anilines is 1. The van der Waals surface area contributed by atoms with Gasteiger partial charge in [-0.15, -0.1) is 0 Å². The van der Waals surface area contributed by atoms with Crippen LogP contribution in [0.2, 0.25) is 0 Å². The van der Waals surface area contributed by atoms with Crippen LogP contribution in [0.3, 0.4) is 0 Å². The smallest absolute Gasteiger partial charge is 0.343 e. The third-order valence-corrected chi connectivity index (χ3v) is 4.47. The molecule has 5 heteroatoms. The summed E-state index contributed by atoms with van der Waals surface area (Å²) < 4.78 is 6.91. The number of carbonyl (C=O) groups is 1. The van der Waals surface area contributed by atoms with Gasteiger partial charge in [0, 0.05) is 6.54 Å². The number of nitrogens with one attached hydrogen (secondary N) is 1. The Kier molecular flexibility index (Phi) is 3.21. The molecule has 0 amide bonds. The number of hydrogen-bond acceptors (Lipinski definition) is 4. The van der Waals surface area contributed by atoms with Gasteiger partial charge in [-0.25, -0.2) is 9.48 Å². The lowest BCUT2D eigenvalue weighted by molar-refractivity contribution is 0.0600. The van der Waals surface area contributed by atoms with Gasteiger partial charge < -0.3 is 10.1 Å². The van der Waals surface area contributed by atoms with E-state index in [4.69, 9.17) is 4.74 Å². The number of aromatic nitrogens is 2. The lowest BCUT2D eigenvalue weighted by Crippen LogP contribution is -2.28. The number of fused-ring (bicyclic) bond motifs is 1. The quantitative estimate of drug-likeness (QED) is 0.833.